The van der Waals surface area contributed by atoms with Gasteiger partial charge in [-0.2, -0.15) is 0 Å². The van der Waals surface area contributed by atoms with Crippen molar-refractivity contribution in [3.63, 3.8) is 0 Å². The van der Waals surface area contributed by atoms with Crippen LogP contribution in [-0.4, -0.2) is 11.3 Å². The van der Waals surface area contributed by atoms with Crippen LogP contribution in [0.4, 0.5) is 24.5 Å². The number of hydrogen-bond acceptors (Lipinski definition) is 4. The van der Waals surface area contributed by atoms with Crippen molar-refractivity contribution in [2.24, 2.45) is 0 Å². The maximum Gasteiger partial charge on any atom is 0.573 e. The molecule has 0 atom stereocenters. The molecule has 0 heterocycles. The lowest BCUT2D eigenvalue weighted by Crippen LogP contribution is -2.17. The highest BCUT2D eigenvalue weighted by Crippen LogP contribution is 2.26. The van der Waals surface area contributed by atoms with Gasteiger partial charge in [0.15, 0.2) is 0 Å². The van der Waals surface area contributed by atoms with Crippen LogP contribution in [-0.2, 0) is 0 Å². The molecule has 2 aromatic carbocycles. The van der Waals surface area contributed by atoms with Crippen LogP contribution in [0.1, 0.15) is 12.5 Å². The van der Waals surface area contributed by atoms with Crippen molar-refractivity contribution in [3.8, 4) is 5.75 Å². The van der Waals surface area contributed by atoms with E-state index >= 15 is 0 Å². The third-order valence-electron chi connectivity index (χ3n) is 3.01. The number of alkyl halides is 3. The van der Waals surface area contributed by atoms with Gasteiger partial charge in [0.1, 0.15) is 5.75 Å². The predicted octanol–water partition coefficient (Wildman–Crippen LogP) is 5.12. The molecule has 0 radical (unpaired) electrons. The molecule has 25 heavy (non-hydrogen) atoms. The summed E-state index contributed by atoms with van der Waals surface area (Å²) in [6, 6.07) is 11.0. The fourth-order valence-corrected chi connectivity index (χ4v) is 1.97. The second-order valence-corrected chi connectivity index (χ2v) is 4.81. The van der Waals surface area contributed by atoms with Gasteiger partial charge in [-0.25, -0.2) is 0 Å². The third-order valence-corrected chi connectivity index (χ3v) is 3.01. The van der Waals surface area contributed by atoms with Crippen LogP contribution >= 0.6 is 0 Å². The third kappa shape index (κ3) is 5.40. The van der Waals surface area contributed by atoms with Crippen molar-refractivity contribution < 1.29 is 22.8 Å². The minimum Gasteiger partial charge on any atom is -0.406 e. The van der Waals surface area contributed by atoms with Crippen molar-refractivity contribution in [1.82, 2.24) is 0 Å². The lowest BCUT2D eigenvalue weighted by molar-refractivity contribution is -0.384. The molecule has 8 heteroatoms. The summed E-state index contributed by atoms with van der Waals surface area (Å²) >= 11 is 0. The largest absolute Gasteiger partial charge is 0.573 e. The second kappa shape index (κ2) is 7.55. The van der Waals surface area contributed by atoms with Crippen LogP contribution in [0.5, 0.6) is 5.75 Å². The molecule has 0 spiro atoms. The molecule has 130 valence electrons. The molecular weight excluding hydrogens is 337 g/mol. The molecule has 0 fully saturated rings. The molecule has 0 saturated carbocycles. The first-order valence-corrected chi connectivity index (χ1v) is 7.07. The van der Waals surface area contributed by atoms with E-state index in [9.17, 15) is 23.3 Å². The van der Waals surface area contributed by atoms with Gasteiger partial charge in [-0.15, -0.1) is 13.2 Å². The highest BCUT2D eigenvalue weighted by Gasteiger charge is 2.30. The summed E-state index contributed by atoms with van der Waals surface area (Å²) in [6.45, 7) is 1.74. The molecule has 0 aliphatic carbocycles. The number of non-ortho nitro benzene ring substituents is 1. The number of nitrogens with one attached hydrogen (secondary N) is 1. The van der Waals surface area contributed by atoms with Crippen LogP contribution in [0.3, 0.4) is 0 Å². The van der Waals surface area contributed by atoms with E-state index in [1.165, 1.54) is 36.4 Å². The van der Waals surface area contributed by atoms with Gasteiger partial charge in [-0.1, -0.05) is 5.73 Å². The van der Waals surface area contributed by atoms with Gasteiger partial charge in [0, 0.05) is 23.4 Å². The molecule has 0 saturated heterocycles. The summed E-state index contributed by atoms with van der Waals surface area (Å²) in [7, 11) is 0. The highest BCUT2D eigenvalue weighted by atomic mass is 19.4. The summed E-state index contributed by atoms with van der Waals surface area (Å²) in [4.78, 5) is 10.2. The summed E-state index contributed by atoms with van der Waals surface area (Å²) in [5, 5.41) is 13.7. The monoisotopic (exact) mass is 350 g/mol. The first-order valence-electron chi connectivity index (χ1n) is 7.07. The number of benzene rings is 2. The van der Waals surface area contributed by atoms with E-state index in [0.717, 1.165) is 0 Å². The molecule has 1 N–H and O–H groups in total. The van der Waals surface area contributed by atoms with Gasteiger partial charge >= 0.3 is 6.36 Å². The lowest BCUT2D eigenvalue weighted by Gasteiger charge is -2.11. The Morgan fingerprint density at radius 2 is 1.76 bits per heavy atom. The van der Waals surface area contributed by atoms with Crippen LogP contribution in [0.15, 0.2) is 60.3 Å². The lowest BCUT2D eigenvalue weighted by atomic mass is 10.1. The molecule has 0 aliphatic rings. The normalized spacial score (nSPS) is 10.6. The maximum atomic E-state index is 12.2. The van der Waals surface area contributed by atoms with Crippen LogP contribution in [0.25, 0.3) is 5.70 Å². The Labute approximate surface area is 141 Å². The van der Waals surface area contributed by atoms with E-state index in [1.807, 2.05) is 0 Å². The van der Waals surface area contributed by atoms with Crippen LogP contribution in [0, 0.1) is 10.1 Å². The fourth-order valence-electron chi connectivity index (χ4n) is 1.97. The molecular formula is C17H13F3N2O3. The van der Waals surface area contributed by atoms with E-state index in [1.54, 1.807) is 25.1 Å². The number of nitro groups is 1. The number of hydrogen-bond donors (Lipinski definition) is 1. The van der Waals surface area contributed by atoms with E-state index in [-0.39, 0.29) is 11.4 Å². The standard InChI is InChI=1S/C17H13F3N2O3/c1-2-3-16(12-4-8-14(9-5-12)22(23)24)21-13-6-10-15(11-7-13)25-17(18,19)20/h2,4-11,21H,1H3. The average molecular weight is 350 g/mol. The van der Waals surface area contributed by atoms with E-state index in [4.69, 9.17) is 0 Å². The molecule has 2 aromatic rings. The summed E-state index contributed by atoms with van der Waals surface area (Å²) in [5.74, 6) is -0.329. The van der Waals surface area contributed by atoms with Crippen molar-refractivity contribution in [1.29, 1.82) is 0 Å². The minimum absolute atomic E-state index is 0.0442. The minimum atomic E-state index is -4.75. The van der Waals surface area contributed by atoms with Crippen LogP contribution < -0.4 is 10.1 Å². The first kappa shape index (κ1) is 18.1. The summed E-state index contributed by atoms with van der Waals surface area (Å²) in [6.07, 6.45) is -3.10. The van der Waals surface area contributed by atoms with E-state index in [2.05, 4.69) is 15.8 Å². The Kier molecular flexibility index (Phi) is 5.46. The molecule has 0 aromatic heterocycles. The Balaban J connectivity index is 2.20. The molecule has 2 rings (SSSR count). The SMILES string of the molecule is CC=C=C(Nc1ccc(OC(F)(F)F)cc1)c1ccc([N+](=O)[O-])cc1. The number of ether oxygens (including phenoxy) is 1. The number of nitrogens with zero attached hydrogens (tertiary/aromatic N) is 1. The zero-order chi connectivity index (χ0) is 18.4. The number of halogens is 3. The Hall–Kier alpha value is -3.25. The topological polar surface area (TPSA) is 64.4 Å². The Morgan fingerprint density at radius 1 is 1.16 bits per heavy atom. The fraction of sp³-hybridized carbons (Fsp3) is 0.118. The highest BCUT2D eigenvalue weighted by molar-refractivity contribution is 5.76. The van der Waals surface area contributed by atoms with Crippen LogP contribution in [0.2, 0.25) is 0 Å². The Morgan fingerprint density at radius 3 is 2.24 bits per heavy atom. The van der Waals surface area contributed by atoms with Crippen molar-refractivity contribution in [2.45, 2.75) is 13.3 Å². The number of nitro benzene ring substituents is 1. The second-order valence-electron chi connectivity index (χ2n) is 4.81. The Bertz CT molecular complexity index is 807. The van der Waals surface area contributed by atoms with Gasteiger partial charge in [0.2, 0.25) is 0 Å². The first-order chi connectivity index (χ1) is 11.8. The average Bonchev–Trinajstić information content (AvgIpc) is 2.55. The molecule has 5 nitrogen and oxygen atoms in total. The van der Waals surface area contributed by atoms with Gasteiger partial charge in [0.05, 0.1) is 10.6 Å². The quantitative estimate of drug-likeness (QED) is 0.462. The molecule has 0 aliphatic heterocycles. The van der Waals surface area contributed by atoms with E-state index < -0.39 is 11.3 Å². The van der Waals surface area contributed by atoms with E-state index in [0.29, 0.717) is 16.9 Å². The van der Waals surface area contributed by atoms with Gasteiger partial charge in [-0.05, 0) is 49.4 Å². The summed E-state index contributed by atoms with van der Waals surface area (Å²) in [5.41, 5.74) is 4.57. The van der Waals surface area contributed by atoms with Gasteiger partial charge in [0.25, 0.3) is 5.69 Å². The number of allylic oxidation sites excluding steroid dienone is 1. The van der Waals surface area contributed by atoms with Gasteiger partial charge in [-0.3, -0.25) is 10.1 Å². The zero-order valence-electron chi connectivity index (χ0n) is 13.0. The van der Waals surface area contributed by atoms with Gasteiger partial charge < -0.3 is 10.1 Å². The summed E-state index contributed by atoms with van der Waals surface area (Å²) < 4.78 is 40.3. The molecule has 0 unspecified atom stereocenters. The zero-order valence-corrected chi connectivity index (χ0v) is 13.0. The molecule has 0 amide bonds. The van der Waals surface area contributed by atoms with Crippen molar-refractivity contribution in [3.05, 3.63) is 76.0 Å². The maximum absolute atomic E-state index is 12.2. The van der Waals surface area contributed by atoms with Crippen molar-refractivity contribution >= 4 is 17.1 Å². The smallest absolute Gasteiger partial charge is 0.406 e. The number of anilines is 1. The molecule has 0 bridgehead atoms. The van der Waals surface area contributed by atoms with Crippen molar-refractivity contribution in [2.75, 3.05) is 5.32 Å². The number of rotatable bonds is 5. The predicted molar refractivity (Wildman–Crippen MR) is 87.0 cm³/mol.